The summed E-state index contributed by atoms with van der Waals surface area (Å²) in [7, 11) is 1.60. The van der Waals surface area contributed by atoms with E-state index in [0.717, 1.165) is 23.3 Å². The molecule has 1 atom stereocenters. The van der Waals surface area contributed by atoms with Crippen LogP contribution >= 0.6 is 0 Å². The quantitative estimate of drug-likeness (QED) is 0.770. The minimum Gasteiger partial charge on any atom is -0.497 e. The second kappa shape index (κ2) is 7.76. The molecule has 0 fully saturated rings. The summed E-state index contributed by atoms with van der Waals surface area (Å²) in [5.41, 5.74) is 1.76. The van der Waals surface area contributed by atoms with Gasteiger partial charge < -0.3 is 15.2 Å². The SMILES string of the molecule is COc1cccc(C(O)CNCCc2cccc(F)c2)c1. The normalized spacial score (nSPS) is 12.1. The number of aliphatic hydroxyl groups excluding tert-OH is 1. The molecule has 0 aromatic heterocycles. The standard InChI is InChI=1S/C17H20FNO2/c1-21-16-7-3-5-14(11-16)17(20)12-19-9-8-13-4-2-6-15(18)10-13/h2-7,10-11,17,19-20H,8-9,12H2,1H3. The molecular weight excluding hydrogens is 269 g/mol. The van der Waals surface area contributed by atoms with Crippen LogP contribution in [0.3, 0.4) is 0 Å². The van der Waals surface area contributed by atoms with Crippen molar-refractivity contribution >= 4 is 0 Å². The summed E-state index contributed by atoms with van der Waals surface area (Å²) in [5, 5.41) is 13.3. The van der Waals surface area contributed by atoms with Crippen molar-refractivity contribution in [1.29, 1.82) is 0 Å². The maximum absolute atomic E-state index is 13.0. The van der Waals surface area contributed by atoms with E-state index in [9.17, 15) is 9.50 Å². The van der Waals surface area contributed by atoms with Crippen molar-refractivity contribution in [3.05, 3.63) is 65.5 Å². The molecule has 2 N–H and O–H groups in total. The van der Waals surface area contributed by atoms with Crippen LogP contribution in [0, 0.1) is 5.82 Å². The van der Waals surface area contributed by atoms with Crippen molar-refractivity contribution in [2.75, 3.05) is 20.2 Å². The lowest BCUT2D eigenvalue weighted by Crippen LogP contribution is -2.23. The first-order chi connectivity index (χ1) is 10.2. The second-order valence-electron chi connectivity index (χ2n) is 4.88. The van der Waals surface area contributed by atoms with E-state index in [-0.39, 0.29) is 5.82 Å². The van der Waals surface area contributed by atoms with E-state index in [1.165, 1.54) is 12.1 Å². The number of nitrogens with one attached hydrogen (secondary N) is 1. The molecule has 0 aliphatic rings. The van der Waals surface area contributed by atoms with Crippen LogP contribution < -0.4 is 10.1 Å². The molecule has 0 spiro atoms. The van der Waals surface area contributed by atoms with Gasteiger partial charge in [-0.3, -0.25) is 0 Å². The first-order valence-corrected chi connectivity index (χ1v) is 6.96. The summed E-state index contributed by atoms with van der Waals surface area (Å²) in [5.74, 6) is 0.509. The Morgan fingerprint density at radius 2 is 2.00 bits per heavy atom. The van der Waals surface area contributed by atoms with Crippen LogP contribution in [0.5, 0.6) is 5.75 Å². The Labute approximate surface area is 124 Å². The number of rotatable bonds is 7. The molecule has 2 aromatic rings. The van der Waals surface area contributed by atoms with Gasteiger partial charge >= 0.3 is 0 Å². The fourth-order valence-electron chi connectivity index (χ4n) is 2.13. The van der Waals surface area contributed by atoms with E-state index in [1.54, 1.807) is 13.2 Å². The average Bonchev–Trinajstić information content (AvgIpc) is 2.51. The highest BCUT2D eigenvalue weighted by atomic mass is 19.1. The third-order valence-corrected chi connectivity index (χ3v) is 3.30. The molecule has 0 saturated heterocycles. The van der Waals surface area contributed by atoms with Crippen LogP contribution in [-0.4, -0.2) is 25.3 Å². The zero-order valence-electron chi connectivity index (χ0n) is 12.1. The molecule has 2 rings (SSSR count). The predicted octanol–water partition coefficient (Wildman–Crippen LogP) is 2.70. The zero-order valence-corrected chi connectivity index (χ0v) is 12.1. The molecule has 0 aliphatic carbocycles. The van der Waals surface area contributed by atoms with E-state index in [0.29, 0.717) is 13.1 Å². The van der Waals surface area contributed by atoms with Crippen molar-refractivity contribution in [3.8, 4) is 5.75 Å². The van der Waals surface area contributed by atoms with Gasteiger partial charge in [0.05, 0.1) is 13.2 Å². The van der Waals surface area contributed by atoms with Gasteiger partial charge in [0.1, 0.15) is 11.6 Å². The lowest BCUT2D eigenvalue weighted by molar-refractivity contribution is 0.174. The Bertz CT molecular complexity index is 574. The van der Waals surface area contributed by atoms with Gasteiger partial charge in [-0.05, 0) is 48.4 Å². The van der Waals surface area contributed by atoms with E-state index >= 15 is 0 Å². The van der Waals surface area contributed by atoms with E-state index in [4.69, 9.17) is 4.74 Å². The van der Waals surface area contributed by atoms with Crippen LogP contribution in [0.15, 0.2) is 48.5 Å². The largest absolute Gasteiger partial charge is 0.497 e. The van der Waals surface area contributed by atoms with Gasteiger partial charge in [-0.1, -0.05) is 24.3 Å². The summed E-state index contributed by atoms with van der Waals surface area (Å²) in [6, 6.07) is 13.9. The lowest BCUT2D eigenvalue weighted by Gasteiger charge is -2.13. The van der Waals surface area contributed by atoms with Crippen LogP contribution in [0.25, 0.3) is 0 Å². The number of ether oxygens (including phenoxy) is 1. The van der Waals surface area contributed by atoms with Crippen molar-refractivity contribution < 1.29 is 14.2 Å². The topological polar surface area (TPSA) is 41.5 Å². The summed E-state index contributed by atoms with van der Waals surface area (Å²) >= 11 is 0. The summed E-state index contributed by atoms with van der Waals surface area (Å²) in [6.07, 6.45) is 0.135. The molecule has 0 radical (unpaired) electrons. The van der Waals surface area contributed by atoms with Gasteiger partial charge in [0, 0.05) is 6.54 Å². The summed E-state index contributed by atoms with van der Waals surface area (Å²) in [6.45, 7) is 1.13. The van der Waals surface area contributed by atoms with Crippen LogP contribution in [0.1, 0.15) is 17.2 Å². The van der Waals surface area contributed by atoms with Crippen LogP contribution in [0.4, 0.5) is 4.39 Å². The third-order valence-electron chi connectivity index (χ3n) is 3.30. The van der Waals surface area contributed by atoms with Crippen LogP contribution in [-0.2, 0) is 6.42 Å². The Kier molecular flexibility index (Phi) is 5.72. The molecule has 0 aliphatic heterocycles. The minimum atomic E-state index is -0.590. The van der Waals surface area contributed by atoms with E-state index in [2.05, 4.69) is 5.32 Å². The average molecular weight is 289 g/mol. The Hall–Kier alpha value is -1.91. The molecule has 21 heavy (non-hydrogen) atoms. The van der Waals surface area contributed by atoms with Crippen molar-refractivity contribution in [1.82, 2.24) is 5.32 Å². The smallest absolute Gasteiger partial charge is 0.123 e. The molecule has 0 amide bonds. The second-order valence-corrected chi connectivity index (χ2v) is 4.88. The predicted molar refractivity (Wildman–Crippen MR) is 80.9 cm³/mol. The summed E-state index contributed by atoms with van der Waals surface area (Å²) < 4.78 is 18.2. The van der Waals surface area contributed by atoms with Crippen molar-refractivity contribution in [2.45, 2.75) is 12.5 Å². The molecule has 0 heterocycles. The summed E-state index contributed by atoms with van der Waals surface area (Å²) in [4.78, 5) is 0. The van der Waals surface area contributed by atoms with Gasteiger partial charge in [-0.15, -0.1) is 0 Å². The number of benzene rings is 2. The maximum atomic E-state index is 13.0. The van der Waals surface area contributed by atoms with Crippen molar-refractivity contribution in [3.63, 3.8) is 0 Å². The van der Waals surface area contributed by atoms with Gasteiger partial charge in [0.15, 0.2) is 0 Å². The highest BCUT2D eigenvalue weighted by Crippen LogP contribution is 2.18. The van der Waals surface area contributed by atoms with Crippen LogP contribution in [0.2, 0.25) is 0 Å². The molecule has 4 heteroatoms. The number of aliphatic hydroxyl groups is 1. The Morgan fingerprint density at radius 1 is 1.19 bits per heavy atom. The maximum Gasteiger partial charge on any atom is 0.123 e. The van der Waals surface area contributed by atoms with Gasteiger partial charge in [0.2, 0.25) is 0 Å². The molecule has 0 bridgehead atoms. The molecule has 0 saturated carbocycles. The molecule has 1 unspecified atom stereocenters. The van der Waals surface area contributed by atoms with Gasteiger partial charge in [-0.2, -0.15) is 0 Å². The van der Waals surface area contributed by atoms with E-state index < -0.39 is 6.10 Å². The zero-order chi connectivity index (χ0) is 15.1. The van der Waals surface area contributed by atoms with E-state index in [1.807, 2.05) is 30.3 Å². The fraction of sp³-hybridized carbons (Fsp3) is 0.294. The van der Waals surface area contributed by atoms with Gasteiger partial charge in [-0.25, -0.2) is 4.39 Å². The monoisotopic (exact) mass is 289 g/mol. The number of methoxy groups -OCH3 is 1. The number of hydrogen-bond donors (Lipinski definition) is 2. The highest BCUT2D eigenvalue weighted by Gasteiger charge is 2.07. The van der Waals surface area contributed by atoms with Crippen molar-refractivity contribution in [2.24, 2.45) is 0 Å². The molecular formula is C17H20FNO2. The first kappa shape index (κ1) is 15.5. The first-order valence-electron chi connectivity index (χ1n) is 6.96. The number of halogens is 1. The third kappa shape index (κ3) is 4.85. The minimum absolute atomic E-state index is 0.219. The highest BCUT2D eigenvalue weighted by molar-refractivity contribution is 5.29. The molecule has 2 aromatic carbocycles. The van der Waals surface area contributed by atoms with Gasteiger partial charge in [0.25, 0.3) is 0 Å². The molecule has 112 valence electrons. The Balaban J connectivity index is 1.77. The lowest BCUT2D eigenvalue weighted by atomic mass is 10.1. The Morgan fingerprint density at radius 3 is 2.76 bits per heavy atom. The molecule has 3 nitrogen and oxygen atoms in total. The fourth-order valence-corrected chi connectivity index (χ4v) is 2.13. The number of hydrogen-bond acceptors (Lipinski definition) is 3.